The lowest BCUT2D eigenvalue weighted by Crippen LogP contribution is -2.53. The molecule has 1 amide bonds. The Hall–Kier alpha value is -1.31. The summed E-state index contributed by atoms with van der Waals surface area (Å²) in [6.07, 6.45) is 17.6. The molecule has 0 N–H and O–H groups in total. The number of hydrogen-bond donors (Lipinski definition) is 0. The summed E-state index contributed by atoms with van der Waals surface area (Å²) in [5, 5.41) is 0. The number of rotatable bonds is 4. The van der Waals surface area contributed by atoms with Crippen LogP contribution in [0.5, 0.6) is 0 Å². The van der Waals surface area contributed by atoms with Crippen molar-refractivity contribution < 1.29 is 4.79 Å². The Morgan fingerprint density at radius 1 is 0.971 bits per heavy atom. The lowest BCUT2D eigenvalue weighted by Gasteiger charge is -2.61. The van der Waals surface area contributed by atoms with Crippen molar-refractivity contribution in [1.82, 2.24) is 0 Å². The molecular formula is C32H47NO. The summed E-state index contributed by atoms with van der Waals surface area (Å²) >= 11 is 0. The lowest BCUT2D eigenvalue weighted by molar-refractivity contribution is -0.120. The highest BCUT2D eigenvalue weighted by Crippen LogP contribution is 2.68. The highest BCUT2D eigenvalue weighted by molar-refractivity contribution is 5.95. The second-order valence-electron chi connectivity index (χ2n) is 13.6. The van der Waals surface area contributed by atoms with Crippen molar-refractivity contribution in [2.24, 2.45) is 46.3 Å². The molecule has 2 heteroatoms. The molecule has 6 rings (SSSR count). The molecule has 8 atom stereocenters. The van der Waals surface area contributed by atoms with Crippen LogP contribution in [0.1, 0.15) is 103 Å². The Kier molecular flexibility index (Phi) is 5.89. The van der Waals surface area contributed by atoms with E-state index in [2.05, 4.69) is 49.9 Å². The highest BCUT2D eigenvalue weighted by atomic mass is 16.2. The molecule has 0 aromatic heterocycles. The maximum atomic E-state index is 13.2. The molecule has 0 saturated heterocycles. The number of hydrogen-bond acceptors (Lipinski definition) is 1. The predicted octanol–water partition coefficient (Wildman–Crippen LogP) is 8.04. The van der Waals surface area contributed by atoms with E-state index in [0.717, 1.165) is 61.1 Å². The smallest absolute Gasteiger partial charge is 0.227 e. The summed E-state index contributed by atoms with van der Waals surface area (Å²) < 4.78 is 0. The predicted molar refractivity (Wildman–Crippen MR) is 141 cm³/mol. The SMILES string of the molecule is C[C@H](CCC(=O)N1CCc2ccccc21)C1CCC2C3CCC4CCCCC4(C)C3CCC21C. The molecule has 1 aliphatic heterocycles. The molecule has 2 nitrogen and oxygen atoms in total. The fraction of sp³-hybridized carbons (Fsp3) is 0.781. The maximum absolute atomic E-state index is 13.2. The van der Waals surface area contributed by atoms with Crippen LogP contribution < -0.4 is 4.90 Å². The molecule has 0 radical (unpaired) electrons. The molecule has 34 heavy (non-hydrogen) atoms. The summed E-state index contributed by atoms with van der Waals surface area (Å²) in [6.45, 7) is 8.73. The minimum atomic E-state index is 0.351. The molecule has 0 bridgehead atoms. The topological polar surface area (TPSA) is 20.3 Å². The third-order valence-corrected chi connectivity index (χ3v) is 12.3. The van der Waals surface area contributed by atoms with Crippen LogP contribution in [0.3, 0.4) is 0 Å². The number of anilines is 1. The summed E-state index contributed by atoms with van der Waals surface area (Å²) in [7, 11) is 0. The normalized spacial score (nSPS) is 41.9. The van der Waals surface area contributed by atoms with Crippen molar-refractivity contribution in [2.75, 3.05) is 11.4 Å². The third kappa shape index (κ3) is 3.52. The molecule has 4 aliphatic carbocycles. The third-order valence-electron chi connectivity index (χ3n) is 12.3. The van der Waals surface area contributed by atoms with E-state index in [4.69, 9.17) is 0 Å². The minimum absolute atomic E-state index is 0.351. The van der Waals surface area contributed by atoms with Gasteiger partial charge in [0.2, 0.25) is 5.91 Å². The van der Waals surface area contributed by atoms with Gasteiger partial charge in [0.1, 0.15) is 0 Å². The average Bonchev–Trinajstić information content (AvgIpc) is 3.43. The van der Waals surface area contributed by atoms with E-state index in [1.807, 2.05) is 0 Å². The van der Waals surface area contributed by atoms with Crippen LogP contribution in [0, 0.1) is 46.3 Å². The molecule has 1 aromatic carbocycles. The molecular weight excluding hydrogens is 414 g/mol. The molecule has 0 spiro atoms. The number of carbonyl (C=O) groups excluding carboxylic acids is 1. The van der Waals surface area contributed by atoms with Gasteiger partial charge in [-0.2, -0.15) is 0 Å². The van der Waals surface area contributed by atoms with Gasteiger partial charge in [-0.3, -0.25) is 4.79 Å². The zero-order chi connectivity index (χ0) is 23.5. The minimum Gasteiger partial charge on any atom is -0.312 e. The van der Waals surface area contributed by atoms with E-state index in [1.165, 1.54) is 69.8 Å². The van der Waals surface area contributed by atoms with E-state index in [0.29, 0.717) is 22.7 Å². The van der Waals surface area contributed by atoms with Gasteiger partial charge in [-0.15, -0.1) is 0 Å². The van der Waals surface area contributed by atoms with Gasteiger partial charge in [-0.1, -0.05) is 51.8 Å². The standard InChI is InChI=1S/C32H47NO/c1-22(11-16-30(34)33-21-18-23-8-4-5-10-29(23)33)26-14-15-27-25-13-12-24-9-6-7-19-31(24,2)28(25)17-20-32(26,27)3/h4-5,8,10,22,24-28H,6-7,9,11-21H2,1-3H3/t22-,24?,25?,26?,27?,28?,31?,32?/m1/s1. The first-order chi connectivity index (χ1) is 16.4. The first-order valence-corrected chi connectivity index (χ1v) is 14.8. The van der Waals surface area contributed by atoms with Gasteiger partial charge in [-0.05, 0) is 122 Å². The summed E-state index contributed by atoms with van der Waals surface area (Å²) in [5.74, 6) is 5.77. The zero-order valence-corrected chi connectivity index (χ0v) is 22.0. The number of fused-ring (bicyclic) bond motifs is 6. The highest BCUT2D eigenvalue weighted by Gasteiger charge is 2.60. The molecule has 4 fully saturated rings. The van der Waals surface area contributed by atoms with E-state index in [1.54, 1.807) is 0 Å². The van der Waals surface area contributed by atoms with Crippen LogP contribution in [0.4, 0.5) is 5.69 Å². The molecule has 5 aliphatic rings. The average molecular weight is 462 g/mol. The largest absolute Gasteiger partial charge is 0.312 e. The fourth-order valence-corrected chi connectivity index (χ4v) is 10.6. The van der Waals surface area contributed by atoms with Crippen molar-refractivity contribution in [1.29, 1.82) is 0 Å². The first kappa shape index (κ1) is 23.1. The molecule has 7 unspecified atom stereocenters. The van der Waals surface area contributed by atoms with Crippen molar-refractivity contribution in [3.8, 4) is 0 Å². The van der Waals surface area contributed by atoms with Gasteiger partial charge >= 0.3 is 0 Å². The maximum Gasteiger partial charge on any atom is 0.227 e. The first-order valence-electron chi connectivity index (χ1n) is 14.8. The summed E-state index contributed by atoms with van der Waals surface area (Å²) in [5.41, 5.74) is 3.66. The van der Waals surface area contributed by atoms with Crippen LogP contribution in [0.15, 0.2) is 24.3 Å². The Balaban J connectivity index is 1.11. The molecule has 4 saturated carbocycles. The van der Waals surface area contributed by atoms with E-state index in [9.17, 15) is 4.79 Å². The molecule has 1 aromatic rings. The second kappa shape index (κ2) is 8.67. The molecule has 186 valence electrons. The van der Waals surface area contributed by atoms with E-state index < -0.39 is 0 Å². The Bertz CT molecular complexity index is 923. The van der Waals surface area contributed by atoms with Gasteiger partial charge < -0.3 is 4.90 Å². The van der Waals surface area contributed by atoms with Gasteiger partial charge in [0.05, 0.1) is 0 Å². The number of benzene rings is 1. The van der Waals surface area contributed by atoms with Gasteiger partial charge in [0, 0.05) is 18.7 Å². The van der Waals surface area contributed by atoms with Gasteiger partial charge in [-0.25, -0.2) is 0 Å². The number of nitrogens with zero attached hydrogens (tertiary/aromatic N) is 1. The zero-order valence-electron chi connectivity index (χ0n) is 22.0. The van der Waals surface area contributed by atoms with Crippen molar-refractivity contribution in [2.45, 2.75) is 104 Å². The number of carbonyl (C=O) groups is 1. The van der Waals surface area contributed by atoms with Crippen LogP contribution in [-0.4, -0.2) is 12.5 Å². The Morgan fingerprint density at radius 2 is 1.79 bits per heavy atom. The van der Waals surface area contributed by atoms with Crippen molar-refractivity contribution >= 4 is 11.6 Å². The van der Waals surface area contributed by atoms with Crippen LogP contribution in [0.2, 0.25) is 0 Å². The van der Waals surface area contributed by atoms with Crippen LogP contribution in [0.25, 0.3) is 0 Å². The van der Waals surface area contributed by atoms with Crippen molar-refractivity contribution in [3.05, 3.63) is 29.8 Å². The van der Waals surface area contributed by atoms with Gasteiger partial charge in [0.15, 0.2) is 0 Å². The summed E-state index contributed by atoms with van der Waals surface area (Å²) in [4.78, 5) is 15.2. The van der Waals surface area contributed by atoms with Crippen molar-refractivity contribution in [3.63, 3.8) is 0 Å². The number of amides is 1. The van der Waals surface area contributed by atoms with Crippen LogP contribution >= 0.6 is 0 Å². The fourth-order valence-electron chi connectivity index (χ4n) is 10.6. The quantitative estimate of drug-likeness (QED) is 0.444. The van der Waals surface area contributed by atoms with E-state index >= 15 is 0 Å². The van der Waals surface area contributed by atoms with Gasteiger partial charge in [0.25, 0.3) is 0 Å². The lowest BCUT2D eigenvalue weighted by atomic mass is 9.44. The van der Waals surface area contributed by atoms with E-state index in [-0.39, 0.29) is 0 Å². The second-order valence-corrected chi connectivity index (χ2v) is 13.6. The monoisotopic (exact) mass is 461 g/mol. The van der Waals surface area contributed by atoms with Crippen LogP contribution in [-0.2, 0) is 11.2 Å². The summed E-state index contributed by atoms with van der Waals surface area (Å²) in [6, 6.07) is 8.49. The Labute approximate surface area is 208 Å². The molecule has 1 heterocycles. The Morgan fingerprint density at radius 3 is 2.68 bits per heavy atom. The number of para-hydroxylation sites is 1.